The third-order valence-electron chi connectivity index (χ3n) is 6.50. The maximum atomic E-state index is 6.18. The van der Waals surface area contributed by atoms with Crippen LogP contribution in [0.25, 0.3) is 0 Å². The molecule has 4 rings (SSSR count). The second-order valence-electron chi connectivity index (χ2n) is 11.9. The molecule has 0 amide bonds. The van der Waals surface area contributed by atoms with Gasteiger partial charge in [-0.1, -0.05) is 78.3 Å². The van der Waals surface area contributed by atoms with Crippen molar-refractivity contribution >= 4 is 17.2 Å². The highest BCUT2D eigenvalue weighted by Gasteiger charge is 2.45. The maximum absolute atomic E-state index is 6.18. The minimum Gasteiger partial charge on any atom is -0.426 e. The van der Waals surface area contributed by atoms with Crippen molar-refractivity contribution in [3.63, 3.8) is 0 Å². The lowest BCUT2D eigenvalue weighted by Gasteiger charge is -2.41. The summed E-state index contributed by atoms with van der Waals surface area (Å²) in [6.07, 6.45) is 0.884. The molecule has 0 N–H and O–H groups in total. The predicted molar refractivity (Wildman–Crippen MR) is 146 cm³/mol. The summed E-state index contributed by atoms with van der Waals surface area (Å²) in [6.45, 7) is 19.3. The quantitative estimate of drug-likeness (QED) is 0.361. The van der Waals surface area contributed by atoms with Crippen LogP contribution in [0.3, 0.4) is 0 Å². The van der Waals surface area contributed by atoms with Gasteiger partial charge in [0.15, 0.2) is 0 Å². The highest BCUT2D eigenvalue weighted by Crippen LogP contribution is 2.54. The van der Waals surface area contributed by atoms with E-state index in [1.807, 2.05) is 12.1 Å². The smallest absolute Gasteiger partial charge is 0.397 e. The fourth-order valence-corrected chi connectivity index (χ4v) is 6.61. The zero-order chi connectivity index (χ0) is 26.1. The largest absolute Gasteiger partial charge is 0.426 e. The van der Waals surface area contributed by atoms with E-state index in [4.69, 9.17) is 27.1 Å². The van der Waals surface area contributed by atoms with Crippen LogP contribution in [0.5, 0.6) is 11.5 Å². The summed E-state index contributed by atoms with van der Waals surface area (Å²) in [5.41, 5.74) is 4.50. The Bertz CT molecular complexity index is 1040. The van der Waals surface area contributed by atoms with Crippen molar-refractivity contribution in [3.05, 3.63) is 58.7 Å². The molecule has 0 aromatic heterocycles. The van der Waals surface area contributed by atoms with Gasteiger partial charge in [0.05, 0.1) is 31.8 Å². The summed E-state index contributed by atoms with van der Waals surface area (Å²) in [5, 5.41) is 0. The van der Waals surface area contributed by atoms with Crippen molar-refractivity contribution in [1.29, 1.82) is 0 Å². The van der Waals surface area contributed by atoms with Crippen LogP contribution in [0.4, 0.5) is 0 Å². The Hall–Kier alpha value is -1.26. The second kappa shape index (κ2) is 10.8. The van der Waals surface area contributed by atoms with Crippen LogP contribution in [0.1, 0.15) is 70.7 Å². The predicted octanol–water partition coefficient (Wildman–Crippen LogP) is 8.14. The summed E-state index contributed by atoms with van der Waals surface area (Å²) in [6, 6.07) is 12.6. The zero-order valence-electron chi connectivity index (χ0n) is 22.8. The van der Waals surface area contributed by atoms with Crippen molar-refractivity contribution in [1.82, 2.24) is 0 Å². The van der Waals surface area contributed by atoms with Crippen LogP contribution in [0, 0.1) is 12.3 Å². The Morgan fingerprint density at radius 2 is 1.28 bits per heavy atom. The number of benzene rings is 2. The molecule has 8 heteroatoms. The van der Waals surface area contributed by atoms with Crippen molar-refractivity contribution in [3.8, 4) is 11.5 Å². The first-order chi connectivity index (χ1) is 16.9. The first-order valence-electron chi connectivity index (χ1n) is 12.6. The minimum absolute atomic E-state index is 0.0410. The van der Waals surface area contributed by atoms with E-state index in [0.29, 0.717) is 26.4 Å². The molecule has 6 nitrogen and oxygen atoms in total. The lowest BCUT2D eigenvalue weighted by molar-refractivity contribution is -0.0673. The summed E-state index contributed by atoms with van der Waals surface area (Å²) in [7, 11) is -2.95. The van der Waals surface area contributed by atoms with Gasteiger partial charge in [-0.05, 0) is 47.4 Å². The Balaban J connectivity index is 1.32. The molecule has 2 fully saturated rings. The van der Waals surface area contributed by atoms with E-state index < -0.39 is 17.2 Å². The number of hydrogen-bond donors (Lipinski definition) is 0. The summed E-state index contributed by atoms with van der Waals surface area (Å²) in [5.74, 6) is 1.64. The Morgan fingerprint density at radius 1 is 0.750 bits per heavy atom. The number of hydrogen-bond acceptors (Lipinski definition) is 6. The highest BCUT2D eigenvalue weighted by atomic mass is 31.2. The average Bonchev–Trinajstić information content (AvgIpc) is 2.82. The Labute approximate surface area is 219 Å². The fraction of sp³-hybridized carbons (Fsp3) is 0.571. The molecule has 0 unspecified atom stereocenters. The average molecular weight is 535 g/mol. The Morgan fingerprint density at radius 3 is 1.78 bits per heavy atom. The van der Waals surface area contributed by atoms with Crippen LogP contribution in [0.15, 0.2) is 36.4 Å². The van der Waals surface area contributed by atoms with Gasteiger partial charge in [-0.15, -0.1) is 0 Å². The van der Waals surface area contributed by atoms with Crippen molar-refractivity contribution in [2.24, 2.45) is 5.41 Å². The van der Waals surface area contributed by atoms with E-state index in [1.165, 1.54) is 11.1 Å². The molecule has 0 atom stereocenters. The van der Waals surface area contributed by atoms with Gasteiger partial charge in [0.1, 0.15) is 11.5 Å². The first kappa shape index (κ1) is 27.8. The van der Waals surface area contributed by atoms with Gasteiger partial charge in [-0.2, -0.15) is 0 Å². The summed E-state index contributed by atoms with van der Waals surface area (Å²) >= 11 is 0. The van der Waals surface area contributed by atoms with Crippen LogP contribution in [-0.4, -0.2) is 26.4 Å². The van der Waals surface area contributed by atoms with Crippen LogP contribution < -0.4 is 9.05 Å². The van der Waals surface area contributed by atoms with Gasteiger partial charge < -0.3 is 27.1 Å². The molecule has 2 aliphatic rings. The van der Waals surface area contributed by atoms with Gasteiger partial charge in [0, 0.05) is 5.56 Å². The lowest BCUT2D eigenvalue weighted by atomic mass is 9.85. The monoisotopic (exact) mass is 534 g/mol. The van der Waals surface area contributed by atoms with Gasteiger partial charge in [0.2, 0.25) is 0 Å². The summed E-state index contributed by atoms with van der Waals surface area (Å²) in [4.78, 5) is 0. The minimum atomic E-state index is -1.48. The van der Waals surface area contributed by atoms with Crippen LogP contribution in [-0.2, 0) is 35.3 Å². The van der Waals surface area contributed by atoms with Crippen LogP contribution >= 0.6 is 17.2 Å². The molecule has 2 saturated heterocycles. The molecular formula is C28H40O6P2. The SMILES string of the molecule is CCc1cc(C(C)(C)C)ccc1OP1OCC2(CO1)COP(Oc1ccc(C)cc1C(C)(C)C)OC2. The number of rotatable bonds is 5. The molecule has 0 bridgehead atoms. The molecule has 2 heterocycles. The van der Waals surface area contributed by atoms with Crippen molar-refractivity contribution in [2.75, 3.05) is 26.4 Å². The van der Waals surface area contributed by atoms with Gasteiger partial charge in [-0.25, -0.2) is 0 Å². The number of aryl methyl sites for hydroxylation is 2. The third kappa shape index (κ3) is 6.59. The van der Waals surface area contributed by atoms with Crippen LogP contribution in [0.2, 0.25) is 0 Å². The molecular weight excluding hydrogens is 494 g/mol. The molecule has 198 valence electrons. The van der Waals surface area contributed by atoms with E-state index in [-0.39, 0.29) is 16.2 Å². The summed E-state index contributed by atoms with van der Waals surface area (Å²) < 4.78 is 36.5. The van der Waals surface area contributed by atoms with E-state index in [1.54, 1.807) is 0 Å². The normalized spacial score (nSPS) is 25.1. The van der Waals surface area contributed by atoms with Crippen molar-refractivity contribution in [2.45, 2.75) is 72.6 Å². The standard InChI is InChI=1S/C28H40O6P2/c1-9-21-15-22(26(3,4)5)11-13-24(21)33-35-29-16-28(17-30-35)18-31-36(32-19-28)34-25-12-10-20(2)14-23(25)27(6,7)8/h10-15H,9,16-19H2,1-8H3. The van der Waals surface area contributed by atoms with E-state index in [2.05, 4.69) is 79.7 Å². The van der Waals surface area contributed by atoms with Gasteiger partial charge in [-0.3, -0.25) is 0 Å². The highest BCUT2D eigenvalue weighted by molar-refractivity contribution is 7.42. The zero-order valence-corrected chi connectivity index (χ0v) is 24.6. The molecule has 2 aliphatic heterocycles. The maximum Gasteiger partial charge on any atom is 0.397 e. The van der Waals surface area contributed by atoms with Gasteiger partial charge in [0.25, 0.3) is 0 Å². The topological polar surface area (TPSA) is 55.4 Å². The molecule has 2 aromatic carbocycles. The molecule has 0 aliphatic carbocycles. The van der Waals surface area contributed by atoms with E-state index in [0.717, 1.165) is 29.0 Å². The fourth-order valence-electron chi connectivity index (χ4n) is 4.07. The van der Waals surface area contributed by atoms with E-state index >= 15 is 0 Å². The van der Waals surface area contributed by atoms with Gasteiger partial charge >= 0.3 is 17.2 Å². The molecule has 2 aromatic rings. The molecule has 36 heavy (non-hydrogen) atoms. The van der Waals surface area contributed by atoms with Crippen molar-refractivity contribution < 1.29 is 27.1 Å². The lowest BCUT2D eigenvalue weighted by Crippen LogP contribution is -2.45. The second-order valence-corrected chi connectivity index (χ2v) is 14.2. The molecule has 0 saturated carbocycles. The first-order valence-corrected chi connectivity index (χ1v) is 14.8. The molecule has 0 radical (unpaired) electrons. The Kier molecular flexibility index (Phi) is 8.37. The van der Waals surface area contributed by atoms with E-state index in [9.17, 15) is 0 Å². The molecule has 1 spiro atoms. The third-order valence-corrected chi connectivity index (χ3v) is 8.55.